The quantitative estimate of drug-likeness (QED) is 0.596. The lowest BCUT2D eigenvalue weighted by Gasteiger charge is -2.12. The Hall–Kier alpha value is -0.830. The van der Waals surface area contributed by atoms with Crippen LogP contribution in [0.5, 0.6) is 0 Å². The lowest BCUT2D eigenvalue weighted by atomic mass is 10.1. The van der Waals surface area contributed by atoms with Crippen molar-refractivity contribution in [3.8, 4) is 0 Å². The Balaban J connectivity index is 2.32. The Morgan fingerprint density at radius 3 is 3.33 bits per heavy atom. The van der Waals surface area contributed by atoms with Crippen LogP contribution in [0.4, 0.5) is 0 Å². The second-order valence-electron chi connectivity index (χ2n) is 2.85. The lowest BCUT2D eigenvalue weighted by molar-refractivity contribution is 0.680. The zero-order chi connectivity index (χ0) is 8.39. The second kappa shape index (κ2) is 3.27. The fraction of sp³-hybridized carbons (Fsp3) is 0.333. The molecule has 1 aliphatic carbocycles. The van der Waals surface area contributed by atoms with E-state index in [1.807, 2.05) is 30.5 Å². The molecular formula is C9H11NOS. The molecule has 0 aromatic rings. The highest BCUT2D eigenvalue weighted by Crippen LogP contribution is 2.17. The molecule has 2 unspecified atom stereocenters. The fourth-order valence-corrected chi connectivity index (χ4v) is 2.67. The molecule has 0 fully saturated rings. The Morgan fingerprint density at radius 2 is 2.42 bits per heavy atom. The molecule has 2 aliphatic rings. The standard InChI is InChI=1S/C9H11NOS/c11-12-6-5-10-7-8-3-1-2-4-9(8)12/h1-4,7,9-10H,5-6H2. The van der Waals surface area contributed by atoms with Crippen LogP contribution in [0.2, 0.25) is 0 Å². The van der Waals surface area contributed by atoms with Crippen LogP contribution in [-0.2, 0) is 10.8 Å². The summed E-state index contributed by atoms with van der Waals surface area (Å²) in [7, 11) is -0.743. The smallest absolute Gasteiger partial charge is 0.0795 e. The fourth-order valence-electron chi connectivity index (χ4n) is 1.38. The summed E-state index contributed by atoms with van der Waals surface area (Å²) in [5.74, 6) is 0.739. The van der Waals surface area contributed by atoms with Gasteiger partial charge in [-0.3, -0.25) is 4.21 Å². The van der Waals surface area contributed by atoms with Crippen molar-refractivity contribution in [3.05, 3.63) is 36.1 Å². The van der Waals surface area contributed by atoms with Gasteiger partial charge in [0, 0.05) is 29.3 Å². The SMILES string of the molecule is O=S1CCNC=C2C=CC=CC21. The van der Waals surface area contributed by atoms with Crippen molar-refractivity contribution in [1.82, 2.24) is 5.32 Å². The highest BCUT2D eigenvalue weighted by atomic mass is 32.2. The monoisotopic (exact) mass is 181 g/mol. The molecule has 3 heteroatoms. The third kappa shape index (κ3) is 1.37. The summed E-state index contributed by atoms with van der Waals surface area (Å²) < 4.78 is 11.6. The first-order valence-corrected chi connectivity index (χ1v) is 5.41. The predicted molar refractivity (Wildman–Crippen MR) is 51.2 cm³/mol. The number of allylic oxidation sites excluding steroid dienone is 3. The van der Waals surface area contributed by atoms with Crippen LogP contribution in [0.25, 0.3) is 0 Å². The van der Waals surface area contributed by atoms with Gasteiger partial charge in [-0.15, -0.1) is 0 Å². The molecule has 1 heterocycles. The molecule has 0 bridgehead atoms. The topological polar surface area (TPSA) is 29.1 Å². The molecule has 2 nitrogen and oxygen atoms in total. The zero-order valence-corrected chi connectivity index (χ0v) is 7.51. The Labute approximate surface area is 74.5 Å². The second-order valence-corrected chi connectivity index (χ2v) is 4.53. The molecule has 0 radical (unpaired) electrons. The minimum atomic E-state index is -0.743. The highest BCUT2D eigenvalue weighted by molar-refractivity contribution is 7.86. The van der Waals surface area contributed by atoms with E-state index in [-0.39, 0.29) is 5.25 Å². The minimum absolute atomic E-state index is 0.116. The molecule has 2 rings (SSSR count). The summed E-state index contributed by atoms with van der Waals surface area (Å²) in [5, 5.41) is 3.25. The molecule has 0 amide bonds. The Kier molecular flexibility index (Phi) is 2.13. The number of nitrogens with one attached hydrogen (secondary N) is 1. The lowest BCUT2D eigenvalue weighted by Crippen LogP contribution is -2.18. The maximum Gasteiger partial charge on any atom is 0.0795 e. The van der Waals surface area contributed by atoms with Gasteiger partial charge in [-0.05, 0) is 5.57 Å². The van der Waals surface area contributed by atoms with Crippen LogP contribution in [0.3, 0.4) is 0 Å². The molecule has 12 heavy (non-hydrogen) atoms. The highest BCUT2D eigenvalue weighted by Gasteiger charge is 2.19. The Bertz CT molecular complexity index is 291. The van der Waals surface area contributed by atoms with E-state index in [0.29, 0.717) is 0 Å². The third-order valence-corrected chi connectivity index (χ3v) is 3.62. The Morgan fingerprint density at radius 1 is 1.50 bits per heavy atom. The van der Waals surface area contributed by atoms with E-state index in [0.717, 1.165) is 17.9 Å². The van der Waals surface area contributed by atoms with Crippen molar-refractivity contribution in [3.63, 3.8) is 0 Å². The number of rotatable bonds is 0. The van der Waals surface area contributed by atoms with Gasteiger partial charge in [0.1, 0.15) is 0 Å². The van der Waals surface area contributed by atoms with Gasteiger partial charge in [-0.2, -0.15) is 0 Å². The summed E-state index contributed by atoms with van der Waals surface area (Å²) in [5.41, 5.74) is 1.13. The van der Waals surface area contributed by atoms with Gasteiger partial charge >= 0.3 is 0 Å². The summed E-state index contributed by atoms with van der Waals surface area (Å²) >= 11 is 0. The average Bonchev–Trinajstić information content (AvgIpc) is 2.29. The van der Waals surface area contributed by atoms with Crippen molar-refractivity contribution >= 4 is 10.8 Å². The minimum Gasteiger partial charge on any atom is -0.390 e. The largest absolute Gasteiger partial charge is 0.390 e. The van der Waals surface area contributed by atoms with Gasteiger partial charge < -0.3 is 5.32 Å². The van der Waals surface area contributed by atoms with Crippen LogP contribution in [0.1, 0.15) is 0 Å². The molecule has 0 aromatic heterocycles. The van der Waals surface area contributed by atoms with Gasteiger partial charge in [-0.1, -0.05) is 24.3 Å². The molecule has 1 N–H and O–H groups in total. The first kappa shape index (κ1) is 7.80. The predicted octanol–water partition coefficient (Wildman–Crippen LogP) is 0.717. The number of fused-ring (bicyclic) bond motifs is 1. The van der Waals surface area contributed by atoms with E-state index < -0.39 is 10.8 Å². The van der Waals surface area contributed by atoms with Gasteiger partial charge in [0.25, 0.3) is 0 Å². The molecule has 0 aromatic carbocycles. The van der Waals surface area contributed by atoms with E-state index in [2.05, 4.69) is 5.32 Å². The maximum absolute atomic E-state index is 11.6. The average molecular weight is 181 g/mol. The van der Waals surface area contributed by atoms with Crippen LogP contribution in [0.15, 0.2) is 36.1 Å². The molecule has 0 spiro atoms. The van der Waals surface area contributed by atoms with E-state index in [1.54, 1.807) is 0 Å². The van der Waals surface area contributed by atoms with E-state index >= 15 is 0 Å². The van der Waals surface area contributed by atoms with Crippen LogP contribution in [-0.4, -0.2) is 21.8 Å². The summed E-state index contributed by atoms with van der Waals surface area (Å²) in [6, 6.07) is 0. The van der Waals surface area contributed by atoms with Crippen molar-refractivity contribution < 1.29 is 4.21 Å². The first-order valence-electron chi connectivity index (χ1n) is 4.03. The first-order chi connectivity index (χ1) is 5.88. The third-order valence-electron chi connectivity index (χ3n) is 2.01. The summed E-state index contributed by atoms with van der Waals surface area (Å²) in [6.07, 6.45) is 9.93. The van der Waals surface area contributed by atoms with Crippen LogP contribution >= 0.6 is 0 Å². The molecule has 64 valence electrons. The molecular weight excluding hydrogens is 170 g/mol. The zero-order valence-electron chi connectivity index (χ0n) is 6.69. The normalized spacial score (nSPS) is 33.2. The molecule has 0 saturated heterocycles. The molecule has 1 aliphatic heterocycles. The van der Waals surface area contributed by atoms with E-state index in [9.17, 15) is 4.21 Å². The van der Waals surface area contributed by atoms with Crippen molar-refractivity contribution in [2.75, 3.05) is 12.3 Å². The van der Waals surface area contributed by atoms with Gasteiger partial charge in [0.2, 0.25) is 0 Å². The maximum atomic E-state index is 11.6. The van der Waals surface area contributed by atoms with E-state index in [4.69, 9.17) is 0 Å². The van der Waals surface area contributed by atoms with E-state index in [1.165, 1.54) is 0 Å². The molecule has 0 saturated carbocycles. The van der Waals surface area contributed by atoms with Gasteiger partial charge in [0.05, 0.1) is 5.25 Å². The van der Waals surface area contributed by atoms with Crippen LogP contribution in [0, 0.1) is 0 Å². The molecule has 2 atom stereocenters. The number of hydrogen-bond acceptors (Lipinski definition) is 2. The van der Waals surface area contributed by atoms with Crippen molar-refractivity contribution in [1.29, 1.82) is 0 Å². The summed E-state index contributed by atoms with van der Waals surface area (Å²) in [6.45, 7) is 0.814. The van der Waals surface area contributed by atoms with Crippen molar-refractivity contribution in [2.45, 2.75) is 5.25 Å². The summed E-state index contributed by atoms with van der Waals surface area (Å²) in [4.78, 5) is 0. The number of hydrogen-bond donors (Lipinski definition) is 1. The van der Waals surface area contributed by atoms with Crippen molar-refractivity contribution in [2.24, 2.45) is 0 Å². The van der Waals surface area contributed by atoms with Crippen LogP contribution < -0.4 is 5.32 Å². The van der Waals surface area contributed by atoms with Gasteiger partial charge in [-0.25, -0.2) is 0 Å². The van der Waals surface area contributed by atoms with Gasteiger partial charge in [0.15, 0.2) is 0 Å².